The van der Waals surface area contributed by atoms with Gasteiger partial charge < -0.3 is 24.3 Å². The molecule has 2 rings (SSSR count). The molecule has 0 aliphatic carbocycles. The Balaban J connectivity index is 2.14. The minimum Gasteiger partial charge on any atom is -0.494 e. The van der Waals surface area contributed by atoms with Crippen molar-refractivity contribution < 1.29 is 23.7 Å². The van der Waals surface area contributed by atoms with Crippen LogP contribution in [0.4, 0.5) is 0 Å². The van der Waals surface area contributed by atoms with E-state index in [2.05, 4.69) is 5.32 Å². The van der Waals surface area contributed by atoms with Gasteiger partial charge in [-0.25, -0.2) is 0 Å². The van der Waals surface area contributed by atoms with E-state index in [-0.39, 0.29) is 5.91 Å². The smallest absolute Gasteiger partial charge is 0.251 e. The molecule has 1 N–H and O–H groups in total. The SMILES string of the molecule is CCOc1cccc(CNC(=O)c2cc(OC)c(OC)c(OC)c2)c1. The molecule has 0 unspecified atom stereocenters. The zero-order valence-corrected chi connectivity index (χ0v) is 14.9. The molecule has 2 aromatic carbocycles. The van der Waals surface area contributed by atoms with Crippen molar-refractivity contribution in [1.82, 2.24) is 5.32 Å². The number of rotatable bonds is 8. The lowest BCUT2D eigenvalue weighted by Crippen LogP contribution is -2.23. The summed E-state index contributed by atoms with van der Waals surface area (Å²) in [6, 6.07) is 10.8. The van der Waals surface area contributed by atoms with Gasteiger partial charge >= 0.3 is 0 Å². The highest BCUT2D eigenvalue weighted by molar-refractivity contribution is 5.95. The average molecular weight is 345 g/mol. The van der Waals surface area contributed by atoms with Gasteiger partial charge in [-0.15, -0.1) is 0 Å². The molecule has 6 heteroatoms. The molecule has 0 aromatic heterocycles. The van der Waals surface area contributed by atoms with E-state index >= 15 is 0 Å². The van der Waals surface area contributed by atoms with Crippen molar-refractivity contribution in [2.45, 2.75) is 13.5 Å². The van der Waals surface area contributed by atoms with Crippen LogP contribution in [-0.4, -0.2) is 33.8 Å². The number of nitrogens with one attached hydrogen (secondary N) is 1. The number of benzene rings is 2. The predicted molar refractivity (Wildman–Crippen MR) is 94.9 cm³/mol. The molecule has 1 amide bonds. The van der Waals surface area contributed by atoms with Crippen LogP contribution in [0.2, 0.25) is 0 Å². The van der Waals surface area contributed by atoms with Gasteiger partial charge in [0.2, 0.25) is 5.75 Å². The van der Waals surface area contributed by atoms with Crippen molar-refractivity contribution in [3.8, 4) is 23.0 Å². The summed E-state index contributed by atoms with van der Waals surface area (Å²) in [4.78, 5) is 12.5. The molecule has 0 atom stereocenters. The van der Waals surface area contributed by atoms with E-state index in [1.165, 1.54) is 21.3 Å². The van der Waals surface area contributed by atoms with E-state index in [0.717, 1.165) is 11.3 Å². The van der Waals surface area contributed by atoms with E-state index in [0.29, 0.717) is 36.0 Å². The lowest BCUT2D eigenvalue weighted by Gasteiger charge is -2.14. The Morgan fingerprint density at radius 2 is 1.68 bits per heavy atom. The molecule has 0 fully saturated rings. The maximum Gasteiger partial charge on any atom is 0.251 e. The van der Waals surface area contributed by atoms with Crippen molar-refractivity contribution in [2.75, 3.05) is 27.9 Å². The molecule has 0 aliphatic rings. The molecule has 0 radical (unpaired) electrons. The van der Waals surface area contributed by atoms with Crippen LogP contribution in [0.15, 0.2) is 36.4 Å². The third-order valence-corrected chi connectivity index (χ3v) is 3.59. The molecule has 134 valence electrons. The summed E-state index contributed by atoms with van der Waals surface area (Å²) < 4.78 is 21.3. The van der Waals surface area contributed by atoms with Gasteiger partial charge in [0.15, 0.2) is 11.5 Å². The van der Waals surface area contributed by atoms with Crippen LogP contribution in [0, 0.1) is 0 Å². The first-order valence-electron chi connectivity index (χ1n) is 7.92. The fourth-order valence-corrected chi connectivity index (χ4v) is 2.41. The Morgan fingerprint density at radius 3 is 2.24 bits per heavy atom. The van der Waals surface area contributed by atoms with Gasteiger partial charge in [0.25, 0.3) is 5.91 Å². The van der Waals surface area contributed by atoms with Gasteiger partial charge in [-0.1, -0.05) is 12.1 Å². The normalized spacial score (nSPS) is 10.1. The van der Waals surface area contributed by atoms with Crippen LogP contribution in [0.5, 0.6) is 23.0 Å². The Morgan fingerprint density at radius 1 is 1.00 bits per heavy atom. The minimum absolute atomic E-state index is 0.235. The molecule has 0 saturated carbocycles. The highest BCUT2D eigenvalue weighted by Gasteiger charge is 2.16. The summed E-state index contributed by atoms with van der Waals surface area (Å²) in [7, 11) is 4.54. The van der Waals surface area contributed by atoms with Crippen molar-refractivity contribution >= 4 is 5.91 Å². The van der Waals surface area contributed by atoms with Crippen LogP contribution in [0.1, 0.15) is 22.8 Å². The van der Waals surface area contributed by atoms with Gasteiger partial charge in [-0.05, 0) is 36.8 Å². The molecule has 0 bridgehead atoms. The largest absolute Gasteiger partial charge is 0.494 e. The monoisotopic (exact) mass is 345 g/mol. The topological polar surface area (TPSA) is 66.0 Å². The number of methoxy groups -OCH3 is 3. The van der Waals surface area contributed by atoms with Gasteiger partial charge in [-0.2, -0.15) is 0 Å². The summed E-state index contributed by atoms with van der Waals surface area (Å²) in [5.74, 6) is 1.87. The van der Waals surface area contributed by atoms with Gasteiger partial charge in [-0.3, -0.25) is 4.79 Å². The molecular weight excluding hydrogens is 322 g/mol. The number of hydrogen-bond acceptors (Lipinski definition) is 5. The molecule has 0 spiro atoms. The fraction of sp³-hybridized carbons (Fsp3) is 0.316. The standard InChI is InChI=1S/C19H23NO5/c1-5-25-15-8-6-7-13(9-15)12-20-19(21)14-10-16(22-2)18(24-4)17(11-14)23-3/h6-11H,5,12H2,1-4H3,(H,20,21). The maximum absolute atomic E-state index is 12.5. The fourth-order valence-electron chi connectivity index (χ4n) is 2.41. The van der Waals surface area contributed by atoms with Gasteiger partial charge in [0.1, 0.15) is 5.75 Å². The summed E-state index contributed by atoms with van der Waals surface area (Å²) in [6.07, 6.45) is 0. The molecular formula is C19H23NO5. The number of ether oxygens (including phenoxy) is 4. The predicted octanol–water partition coefficient (Wildman–Crippen LogP) is 3.04. The van der Waals surface area contributed by atoms with Gasteiger partial charge in [0, 0.05) is 12.1 Å². The van der Waals surface area contributed by atoms with Crippen molar-refractivity contribution in [3.63, 3.8) is 0 Å². The number of carbonyl (C=O) groups excluding carboxylic acids is 1. The van der Waals surface area contributed by atoms with E-state index in [4.69, 9.17) is 18.9 Å². The van der Waals surface area contributed by atoms with E-state index < -0.39 is 0 Å². The number of hydrogen-bond donors (Lipinski definition) is 1. The number of carbonyl (C=O) groups is 1. The molecule has 25 heavy (non-hydrogen) atoms. The quantitative estimate of drug-likeness (QED) is 0.796. The first-order valence-corrected chi connectivity index (χ1v) is 7.92. The van der Waals surface area contributed by atoms with Crippen LogP contribution in [0.25, 0.3) is 0 Å². The zero-order valence-electron chi connectivity index (χ0n) is 14.9. The summed E-state index contributed by atoms with van der Waals surface area (Å²) >= 11 is 0. The molecule has 2 aromatic rings. The minimum atomic E-state index is -0.235. The average Bonchev–Trinajstić information content (AvgIpc) is 2.65. The summed E-state index contributed by atoms with van der Waals surface area (Å²) in [6.45, 7) is 2.91. The van der Waals surface area contributed by atoms with Crippen LogP contribution < -0.4 is 24.3 Å². The molecule has 6 nitrogen and oxygen atoms in total. The first kappa shape index (κ1) is 18.4. The summed E-state index contributed by atoms with van der Waals surface area (Å²) in [5.41, 5.74) is 1.38. The number of amides is 1. The zero-order chi connectivity index (χ0) is 18.2. The van der Waals surface area contributed by atoms with Crippen molar-refractivity contribution in [2.24, 2.45) is 0 Å². The second-order valence-corrected chi connectivity index (χ2v) is 5.18. The molecule has 0 heterocycles. The third kappa shape index (κ3) is 4.56. The van der Waals surface area contributed by atoms with Gasteiger partial charge in [0.05, 0.1) is 27.9 Å². The Hall–Kier alpha value is -2.89. The summed E-state index contributed by atoms with van der Waals surface area (Å²) in [5, 5.41) is 2.88. The molecule has 0 aliphatic heterocycles. The third-order valence-electron chi connectivity index (χ3n) is 3.59. The Bertz CT molecular complexity index is 704. The van der Waals surface area contributed by atoms with E-state index in [1.54, 1.807) is 12.1 Å². The van der Waals surface area contributed by atoms with Crippen LogP contribution in [0.3, 0.4) is 0 Å². The van der Waals surface area contributed by atoms with E-state index in [1.807, 2.05) is 31.2 Å². The lowest BCUT2D eigenvalue weighted by atomic mass is 10.1. The first-order chi connectivity index (χ1) is 12.1. The molecule has 0 saturated heterocycles. The Labute approximate surface area is 147 Å². The Kier molecular flexibility index (Phi) is 6.51. The van der Waals surface area contributed by atoms with Crippen LogP contribution >= 0.6 is 0 Å². The van der Waals surface area contributed by atoms with Crippen LogP contribution in [-0.2, 0) is 6.54 Å². The highest BCUT2D eigenvalue weighted by Crippen LogP contribution is 2.38. The van der Waals surface area contributed by atoms with Crippen molar-refractivity contribution in [1.29, 1.82) is 0 Å². The lowest BCUT2D eigenvalue weighted by molar-refractivity contribution is 0.0950. The maximum atomic E-state index is 12.5. The highest BCUT2D eigenvalue weighted by atomic mass is 16.5. The van der Waals surface area contributed by atoms with E-state index in [9.17, 15) is 4.79 Å². The van der Waals surface area contributed by atoms with Crippen molar-refractivity contribution in [3.05, 3.63) is 47.5 Å². The second kappa shape index (κ2) is 8.82. The second-order valence-electron chi connectivity index (χ2n) is 5.18.